The van der Waals surface area contributed by atoms with Gasteiger partial charge in [-0.2, -0.15) is 5.10 Å². The van der Waals surface area contributed by atoms with E-state index in [0.717, 1.165) is 51.4 Å². The fraction of sp³-hybridized carbons (Fsp3) is 0.217. The molecule has 2 aromatic carbocycles. The number of aryl methyl sites for hydroxylation is 3. The zero-order chi connectivity index (χ0) is 21.4. The summed E-state index contributed by atoms with van der Waals surface area (Å²) in [6, 6.07) is 7.24. The number of anilines is 1. The Hall–Kier alpha value is -3.48. The van der Waals surface area contributed by atoms with Crippen LogP contribution in [0.5, 0.6) is 0 Å². The van der Waals surface area contributed by atoms with Crippen molar-refractivity contribution >= 4 is 22.7 Å². The number of carbonyl (C=O) groups is 1. The van der Waals surface area contributed by atoms with Gasteiger partial charge in [0.1, 0.15) is 23.0 Å². The van der Waals surface area contributed by atoms with Crippen LogP contribution in [-0.2, 0) is 17.8 Å². The lowest BCUT2D eigenvalue weighted by atomic mass is 10.0. The van der Waals surface area contributed by atoms with Crippen LogP contribution in [0.3, 0.4) is 0 Å². The number of aromatic nitrogens is 2. The Morgan fingerprint density at radius 3 is 2.63 bits per heavy atom. The molecule has 0 atom stereocenters. The van der Waals surface area contributed by atoms with E-state index >= 15 is 0 Å². The highest BCUT2D eigenvalue weighted by atomic mass is 19.1. The number of rotatable bonds is 5. The number of carbonyl (C=O) groups excluding carboxylic acids is 1. The summed E-state index contributed by atoms with van der Waals surface area (Å²) in [7, 11) is 0. The number of benzene rings is 2. The van der Waals surface area contributed by atoms with Gasteiger partial charge in [0.25, 0.3) is 0 Å². The van der Waals surface area contributed by atoms with E-state index in [9.17, 15) is 13.6 Å². The molecule has 154 valence electrons. The molecule has 2 aromatic heterocycles. The maximum Gasteiger partial charge on any atom is 0.230 e. The topological polar surface area (TPSA) is 60.1 Å². The molecule has 0 unspecified atom stereocenters. The van der Waals surface area contributed by atoms with Crippen LogP contribution < -0.4 is 5.32 Å². The molecule has 5 nitrogen and oxygen atoms in total. The first-order chi connectivity index (χ1) is 14.3. The second-order valence-corrected chi connectivity index (χ2v) is 7.49. The Labute approximate surface area is 172 Å². The normalized spacial score (nSPS) is 11.2. The van der Waals surface area contributed by atoms with Gasteiger partial charge in [0.05, 0.1) is 25.4 Å². The molecular formula is C23H21F2N3O2. The number of amides is 1. The minimum Gasteiger partial charge on any atom is -0.464 e. The first kappa shape index (κ1) is 19.8. The standard InChI is InChI=1S/C23H21F2N3O2/c1-13-6-19-17(12-30-21(19)7-14(13)2)9-22(29)27-23-15(3)10-26-28(23)11-16-8-18(24)4-5-20(16)25/h4-8,10,12H,9,11H2,1-3H3,(H,27,29). The highest BCUT2D eigenvalue weighted by Gasteiger charge is 2.16. The van der Waals surface area contributed by atoms with E-state index in [4.69, 9.17) is 4.42 Å². The van der Waals surface area contributed by atoms with Crippen molar-refractivity contribution < 1.29 is 18.0 Å². The van der Waals surface area contributed by atoms with Crippen LogP contribution in [0.2, 0.25) is 0 Å². The van der Waals surface area contributed by atoms with Crippen molar-refractivity contribution in [3.05, 3.63) is 82.2 Å². The zero-order valence-electron chi connectivity index (χ0n) is 16.9. The van der Waals surface area contributed by atoms with E-state index in [1.54, 1.807) is 19.4 Å². The van der Waals surface area contributed by atoms with Gasteiger partial charge in [-0.1, -0.05) is 0 Å². The second kappa shape index (κ2) is 7.74. The van der Waals surface area contributed by atoms with E-state index in [0.29, 0.717) is 5.82 Å². The lowest BCUT2D eigenvalue weighted by molar-refractivity contribution is -0.115. The van der Waals surface area contributed by atoms with Gasteiger partial charge in [-0.3, -0.25) is 4.79 Å². The maximum absolute atomic E-state index is 14.0. The van der Waals surface area contributed by atoms with Crippen molar-refractivity contribution in [1.82, 2.24) is 9.78 Å². The third-order valence-corrected chi connectivity index (χ3v) is 5.23. The van der Waals surface area contributed by atoms with Gasteiger partial charge in [0, 0.05) is 22.1 Å². The van der Waals surface area contributed by atoms with Gasteiger partial charge in [0.15, 0.2) is 0 Å². The summed E-state index contributed by atoms with van der Waals surface area (Å²) < 4.78 is 34.5. The van der Waals surface area contributed by atoms with Gasteiger partial charge in [-0.05, 0) is 62.2 Å². The van der Waals surface area contributed by atoms with E-state index in [-0.39, 0.29) is 24.4 Å². The van der Waals surface area contributed by atoms with Crippen molar-refractivity contribution in [2.24, 2.45) is 0 Å². The fourth-order valence-electron chi connectivity index (χ4n) is 3.41. The number of nitrogens with zero attached hydrogens (tertiary/aromatic N) is 2. The van der Waals surface area contributed by atoms with Crippen LogP contribution in [-0.4, -0.2) is 15.7 Å². The van der Waals surface area contributed by atoms with E-state index in [2.05, 4.69) is 10.4 Å². The molecule has 0 spiro atoms. The summed E-state index contributed by atoms with van der Waals surface area (Å²) >= 11 is 0. The molecule has 4 rings (SSSR count). The van der Waals surface area contributed by atoms with Crippen LogP contribution in [0.25, 0.3) is 11.0 Å². The molecule has 0 aliphatic heterocycles. The van der Waals surface area contributed by atoms with Gasteiger partial charge >= 0.3 is 0 Å². The molecule has 30 heavy (non-hydrogen) atoms. The largest absolute Gasteiger partial charge is 0.464 e. The number of fused-ring (bicyclic) bond motifs is 1. The number of halogens is 2. The number of furan rings is 1. The summed E-state index contributed by atoms with van der Waals surface area (Å²) in [6.07, 6.45) is 3.29. The van der Waals surface area contributed by atoms with E-state index in [1.165, 1.54) is 4.68 Å². The maximum atomic E-state index is 14.0. The smallest absolute Gasteiger partial charge is 0.230 e. The molecule has 0 aliphatic carbocycles. The first-order valence-electron chi connectivity index (χ1n) is 9.55. The molecule has 1 N–H and O–H groups in total. The molecule has 0 radical (unpaired) electrons. The van der Waals surface area contributed by atoms with Crippen molar-refractivity contribution in [3.63, 3.8) is 0 Å². The van der Waals surface area contributed by atoms with Crippen molar-refractivity contribution in [3.8, 4) is 0 Å². The minimum absolute atomic E-state index is 0.000158. The van der Waals surface area contributed by atoms with Gasteiger partial charge in [-0.15, -0.1) is 0 Å². The van der Waals surface area contributed by atoms with Gasteiger partial charge < -0.3 is 9.73 Å². The summed E-state index contributed by atoms with van der Waals surface area (Å²) in [5.74, 6) is -0.862. The summed E-state index contributed by atoms with van der Waals surface area (Å²) in [5.41, 5.74) is 4.65. The average molecular weight is 409 g/mol. The average Bonchev–Trinajstić information content (AvgIpc) is 3.23. The molecule has 0 aliphatic rings. The van der Waals surface area contributed by atoms with Crippen molar-refractivity contribution in [2.75, 3.05) is 5.32 Å². The van der Waals surface area contributed by atoms with Gasteiger partial charge in [-0.25, -0.2) is 13.5 Å². The summed E-state index contributed by atoms with van der Waals surface area (Å²) in [6.45, 7) is 5.81. The number of hydrogen-bond acceptors (Lipinski definition) is 3. The number of hydrogen-bond donors (Lipinski definition) is 1. The Kier molecular flexibility index (Phi) is 5.11. The Morgan fingerprint density at radius 1 is 1.07 bits per heavy atom. The number of nitrogens with one attached hydrogen (secondary N) is 1. The van der Waals surface area contributed by atoms with Crippen LogP contribution in [0.1, 0.15) is 27.8 Å². The van der Waals surface area contributed by atoms with Crippen LogP contribution >= 0.6 is 0 Å². The van der Waals surface area contributed by atoms with Crippen LogP contribution in [0, 0.1) is 32.4 Å². The predicted octanol–water partition coefficient (Wildman–Crippen LogP) is 5.06. The van der Waals surface area contributed by atoms with Crippen molar-refractivity contribution in [1.29, 1.82) is 0 Å². The van der Waals surface area contributed by atoms with E-state index in [1.807, 2.05) is 26.0 Å². The predicted molar refractivity (Wildman–Crippen MR) is 110 cm³/mol. The molecule has 0 bridgehead atoms. The van der Waals surface area contributed by atoms with Crippen molar-refractivity contribution in [2.45, 2.75) is 33.7 Å². The molecule has 2 heterocycles. The summed E-state index contributed by atoms with van der Waals surface area (Å²) in [4.78, 5) is 12.7. The molecule has 1 amide bonds. The van der Waals surface area contributed by atoms with Gasteiger partial charge in [0.2, 0.25) is 5.91 Å². The lowest BCUT2D eigenvalue weighted by Gasteiger charge is -2.11. The molecule has 4 aromatic rings. The third kappa shape index (κ3) is 3.83. The highest BCUT2D eigenvalue weighted by Crippen LogP contribution is 2.26. The summed E-state index contributed by atoms with van der Waals surface area (Å²) in [5, 5.41) is 7.95. The Bertz CT molecular complexity index is 1260. The van der Waals surface area contributed by atoms with Crippen LogP contribution in [0.4, 0.5) is 14.6 Å². The minimum atomic E-state index is -0.530. The second-order valence-electron chi connectivity index (χ2n) is 7.49. The zero-order valence-corrected chi connectivity index (χ0v) is 16.9. The fourth-order valence-corrected chi connectivity index (χ4v) is 3.41. The first-order valence-corrected chi connectivity index (χ1v) is 9.55. The van der Waals surface area contributed by atoms with Crippen LogP contribution in [0.15, 0.2) is 47.2 Å². The highest BCUT2D eigenvalue weighted by molar-refractivity contribution is 5.95. The Morgan fingerprint density at radius 2 is 1.83 bits per heavy atom. The molecular weight excluding hydrogens is 388 g/mol. The molecule has 0 saturated carbocycles. The van der Waals surface area contributed by atoms with E-state index < -0.39 is 11.6 Å². The molecule has 7 heteroatoms. The lowest BCUT2D eigenvalue weighted by Crippen LogP contribution is -2.18. The monoisotopic (exact) mass is 409 g/mol. The molecule has 0 fully saturated rings. The quantitative estimate of drug-likeness (QED) is 0.501. The third-order valence-electron chi connectivity index (χ3n) is 5.23. The SMILES string of the molecule is Cc1cc2occ(CC(=O)Nc3c(C)cnn3Cc3cc(F)ccc3F)c2cc1C. The molecule has 0 saturated heterocycles. The Balaban J connectivity index is 1.55.